The van der Waals surface area contributed by atoms with Crippen LogP contribution >= 0.6 is 0 Å². The van der Waals surface area contributed by atoms with E-state index in [-0.39, 0.29) is 11.1 Å². The number of carboxylic acids is 2. The summed E-state index contributed by atoms with van der Waals surface area (Å²) < 4.78 is 0. The van der Waals surface area contributed by atoms with Crippen molar-refractivity contribution in [2.75, 3.05) is 6.54 Å². The van der Waals surface area contributed by atoms with Crippen LogP contribution in [0.25, 0.3) is 0 Å². The molecule has 0 bridgehead atoms. The summed E-state index contributed by atoms with van der Waals surface area (Å²) in [6.45, 7) is 4.14. The lowest BCUT2D eigenvalue weighted by Gasteiger charge is -2.10. The Kier molecular flexibility index (Phi) is 7.64. The molecule has 2 rings (SSSR count). The second-order valence-electron chi connectivity index (χ2n) is 5.18. The fourth-order valence-corrected chi connectivity index (χ4v) is 2.33. The number of aryl methyl sites for hydroxylation is 2. The molecule has 5 N–H and O–H groups in total. The normalized spacial score (nSPS) is 9.96. The first-order chi connectivity index (χ1) is 11.4. The van der Waals surface area contributed by atoms with Gasteiger partial charge in [0.1, 0.15) is 5.82 Å². The van der Waals surface area contributed by atoms with Gasteiger partial charge in [0.2, 0.25) is 0 Å². The molecule has 1 aromatic carbocycles. The van der Waals surface area contributed by atoms with Gasteiger partial charge in [-0.25, -0.2) is 14.6 Å². The van der Waals surface area contributed by atoms with Crippen molar-refractivity contribution >= 4 is 11.9 Å². The summed E-state index contributed by atoms with van der Waals surface area (Å²) >= 11 is 0. The van der Waals surface area contributed by atoms with Gasteiger partial charge < -0.3 is 20.9 Å². The molecule has 0 unspecified atom stereocenters. The second-order valence-corrected chi connectivity index (χ2v) is 5.18. The van der Waals surface area contributed by atoms with Gasteiger partial charge in [0, 0.05) is 18.8 Å². The molecular formula is C17H23N3O4. The van der Waals surface area contributed by atoms with Gasteiger partial charge in [0.15, 0.2) is 0 Å². The van der Waals surface area contributed by atoms with E-state index in [1.807, 2.05) is 6.20 Å². The van der Waals surface area contributed by atoms with E-state index in [1.165, 1.54) is 12.1 Å². The van der Waals surface area contributed by atoms with Crippen molar-refractivity contribution in [3.8, 4) is 0 Å². The number of H-pyrrole nitrogens is 1. The molecule has 0 saturated heterocycles. The fraction of sp³-hybridized carbons (Fsp3) is 0.353. The molecule has 0 aliphatic rings. The van der Waals surface area contributed by atoms with Crippen LogP contribution in [0.5, 0.6) is 0 Å². The van der Waals surface area contributed by atoms with Crippen LogP contribution in [0.3, 0.4) is 0 Å². The van der Waals surface area contributed by atoms with E-state index in [0.29, 0.717) is 17.5 Å². The number of aromatic amines is 1. The zero-order valence-electron chi connectivity index (χ0n) is 13.9. The Bertz CT molecular complexity index is 681. The predicted octanol–water partition coefficient (Wildman–Crippen LogP) is 2.25. The van der Waals surface area contributed by atoms with Crippen LogP contribution in [-0.2, 0) is 12.8 Å². The van der Waals surface area contributed by atoms with Crippen molar-refractivity contribution in [1.82, 2.24) is 9.97 Å². The van der Waals surface area contributed by atoms with Gasteiger partial charge >= 0.3 is 11.9 Å². The van der Waals surface area contributed by atoms with Crippen LogP contribution in [0.15, 0.2) is 24.5 Å². The Morgan fingerprint density at radius 3 is 2.42 bits per heavy atom. The molecule has 130 valence electrons. The zero-order valence-corrected chi connectivity index (χ0v) is 13.9. The smallest absolute Gasteiger partial charge is 0.336 e. The third-order valence-electron chi connectivity index (χ3n) is 3.49. The highest BCUT2D eigenvalue weighted by molar-refractivity contribution is 5.97. The minimum Gasteiger partial charge on any atom is -0.478 e. The highest BCUT2D eigenvalue weighted by atomic mass is 16.4. The van der Waals surface area contributed by atoms with Crippen LogP contribution in [0.1, 0.15) is 51.0 Å². The van der Waals surface area contributed by atoms with Gasteiger partial charge in [-0.2, -0.15) is 0 Å². The van der Waals surface area contributed by atoms with Crippen molar-refractivity contribution in [1.29, 1.82) is 0 Å². The maximum Gasteiger partial charge on any atom is 0.336 e. The number of aromatic nitrogens is 2. The van der Waals surface area contributed by atoms with Gasteiger partial charge in [-0.1, -0.05) is 13.0 Å². The van der Waals surface area contributed by atoms with Crippen molar-refractivity contribution in [2.24, 2.45) is 5.73 Å². The molecule has 2 aromatic rings. The second kappa shape index (κ2) is 9.46. The summed E-state index contributed by atoms with van der Waals surface area (Å²) in [6, 6.07) is 2.97. The molecule has 24 heavy (non-hydrogen) atoms. The minimum atomic E-state index is -1.09. The average molecular weight is 333 g/mol. The lowest BCUT2D eigenvalue weighted by atomic mass is 9.95. The monoisotopic (exact) mass is 333 g/mol. The van der Waals surface area contributed by atoms with Crippen LogP contribution in [-0.4, -0.2) is 38.7 Å². The largest absolute Gasteiger partial charge is 0.478 e. The number of nitrogens with two attached hydrogens (primary N) is 1. The first-order valence-corrected chi connectivity index (χ1v) is 7.69. The molecule has 0 aliphatic carbocycles. The highest BCUT2D eigenvalue weighted by Crippen LogP contribution is 2.20. The Labute approximate surface area is 140 Å². The van der Waals surface area contributed by atoms with Crippen molar-refractivity contribution < 1.29 is 19.8 Å². The summed E-state index contributed by atoms with van der Waals surface area (Å²) in [5.41, 5.74) is 6.45. The molecule has 0 amide bonds. The number of nitrogens with zero attached hydrogens (tertiary/aromatic N) is 1. The third-order valence-corrected chi connectivity index (χ3v) is 3.49. The number of carbonyl (C=O) groups is 2. The number of rotatable bonds is 6. The molecule has 0 atom stereocenters. The molecule has 0 aliphatic heterocycles. The predicted molar refractivity (Wildman–Crippen MR) is 90.4 cm³/mol. The van der Waals surface area contributed by atoms with Crippen LogP contribution < -0.4 is 5.73 Å². The summed E-state index contributed by atoms with van der Waals surface area (Å²) in [4.78, 5) is 28.9. The van der Waals surface area contributed by atoms with Gasteiger partial charge in [0.25, 0.3) is 0 Å². The van der Waals surface area contributed by atoms with Gasteiger partial charge in [-0.15, -0.1) is 0 Å². The topological polar surface area (TPSA) is 129 Å². The number of hydrogen-bond donors (Lipinski definition) is 4. The lowest BCUT2D eigenvalue weighted by Crippen LogP contribution is -2.11. The van der Waals surface area contributed by atoms with E-state index in [2.05, 4.69) is 9.97 Å². The first-order valence-electron chi connectivity index (χ1n) is 7.69. The number of carboxylic acid groups (broad SMARTS) is 2. The van der Waals surface area contributed by atoms with E-state index in [0.717, 1.165) is 25.2 Å². The van der Waals surface area contributed by atoms with E-state index < -0.39 is 11.9 Å². The standard InChI is InChI=1S/C11H12O4.C6H11N3/c1-3-7-8(10(12)13)5-4-6(2)9(7)11(14)15;7-3-1-2-6-8-4-5-9-6/h4-5H,3H2,1-2H3,(H,12,13)(H,14,15);4-5H,1-3,7H2,(H,8,9). The quantitative estimate of drug-likeness (QED) is 0.641. The summed E-state index contributed by atoms with van der Waals surface area (Å²) in [5, 5.41) is 17.9. The number of hydrogen-bond acceptors (Lipinski definition) is 4. The maximum absolute atomic E-state index is 11.0. The zero-order chi connectivity index (χ0) is 18.1. The van der Waals surface area contributed by atoms with E-state index in [4.69, 9.17) is 15.9 Å². The average Bonchev–Trinajstić information content (AvgIpc) is 3.05. The van der Waals surface area contributed by atoms with Crippen molar-refractivity contribution in [3.05, 3.63) is 52.6 Å². The van der Waals surface area contributed by atoms with E-state index in [9.17, 15) is 9.59 Å². The molecule has 1 heterocycles. The molecule has 0 spiro atoms. The van der Waals surface area contributed by atoms with Crippen LogP contribution in [0.4, 0.5) is 0 Å². The fourth-order valence-electron chi connectivity index (χ4n) is 2.33. The van der Waals surface area contributed by atoms with E-state index >= 15 is 0 Å². The number of aromatic carboxylic acids is 2. The lowest BCUT2D eigenvalue weighted by molar-refractivity contribution is 0.0695. The highest BCUT2D eigenvalue weighted by Gasteiger charge is 2.18. The minimum absolute atomic E-state index is 0.0699. The molecule has 0 saturated carbocycles. The molecule has 7 heteroatoms. The Hall–Kier alpha value is -2.67. The SMILES string of the molecule is CCc1c(C(=O)O)ccc(C)c1C(=O)O.NCCCc1ncc[nH]1. The summed E-state index contributed by atoms with van der Waals surface area (Å²) in [7, 11) is 0. The van der Waals surface area contributed by atoms with Gasteiger partial charge in [-0.3, -0.25) is 0 Å². The molecular weight excluding hydrogens is 310 g/mol. The van der Waals surface area contributed by atoms with Crippen LogP contribution in [0.2, 0.25) is 0 Å². The number of nitrogens with one attached hydrogen (secondary N) is 1. The van der Waals surface area contributed by atoms with Crippen molar-refractivity contribution in [2.45, 2.75) is 33.1 Å². The Morgan fingerprint density at radius 1 is 1.25 bits per heavy atom. The van der Waals surface area contributed by atoms with Crippen molar-refractivity contribution in [3.63, 3.8) is 0 Å². The van der Waals surface area contributed by atoms with Gasteiger partial charge in [-0.05, 0) is 43.5 Å². The molecule has 7 nitrogen and oxygen atoms in total. The third kappa shape index (κ3) is 5.20. The molecule has 1 aromatic heterocycles. The Balaban J connectivity index is 0.000000272. The van der Waals surface area contributed by atoms with E-state index in [1.54, 1.807) is 20.0 Å². The summed E-state index contributed by atoms with van der Waals surface area (Å²) in [6.07, 6.45) is 5.94. The number of imidazole rings is 1. The van der Waals surface area contributed by atoms with Crippen LogP contribution in [0, 0.1) is 6.92 Å². The maximum atomic E-state index is 11.0. The summed E-state index contributed by atoms with van der Waals surface area (Å²) in [5.74, 6) is -1.14. The molecule has 0 fully saturated rings. The van der Waals surface area contributed by atoms with Gasteiger partial charge in [0.05, 0.1) is 11.1 Å². The number of benzene rings is 1. The molecule has 0 radical (unpaired) electrons. The first kappa shape index (κ1) is 19.4. The Morgan fingerprint density at radius 2 is 1.96 bits per heavy atom.